The minimum absolute atomic E-state index is 0.871. The Hall–Kier alpha value is -3.92. The molecule has 4 heteroatoms. The highest BCUT2D eigenvalue weighted by molar-refractivity contribution is 5.80. The van der Waals surface area contributed by atoms with E-state index in [4.69, 9.17) is 9.98 Å². The normalized spacial score (nSPS) is 13.5. The van der Waals surface area contributed by atoms with Gasteiger partial charge in [0.15, 0.2) is 0 Å². The van der Waals surface area contributed by atoms with Gasteiger partial charge in [0.1, 0.15) is 0 Å². The van der Waals surface area contributed by atoms with Crippen LogP contribution in [0.3, 0.4) is 0 Å². The van der Waals surface area contributed by atoms with E-state index < -0.39 is 0 Å². The van der Waals surface area contributed by atoms with Gasteiger partial charge < -0.3 is 0 Å². The van der Waals surface area contributed by atoms with Crippen molar-refractivity contribution in [2.45, 2.75) is 25.7 Å². The molecule has 0 radical (unpaired) electrons. The highest BCUT2D eigenvalue weighted by atomic mass is 14.8. The summed E-state index contributed by atoms with van der Waals surface area (Å²) in [5.74, 6) is 0. The number of hydrogen-bond donors (Lipinski definition) is 0. The molecular formula is C28H24N4. The summed E-state index contributed by atoms with van der Waals surface area (Å²) >= 11 is 0. The molecule has 0 atom stereocenters. The van der Waals surface area contributed by atoms with E-state index in [2.05, 4.69) is 46.4 Å². The van der Waals surface area contributed by atoms with E-state index in [-0.39, 0.29) is 0 Å². The predicted molar refractivity (Wildman–Crippen MR) is 131 cm³/mol. The molecule has 2 heterocycles. The number of pyridine rings is 2. The van der Waals surface area contributed by atoms with Gasteiger partial charge in [-0.3, -0.25) is 20.0 Å². The van der Waals surface area contributed by atoms with Crippen molar-refractivity contribution in [1.29, 1.82) is 0 Å². The summed E-state index contributed by atoms with van der Waals surface area (Å²) in [5, 5.41) is 0. The number of rotatable bonds is 4. The van der Waals surface area contributed by atoms with Crippen LogP contribution in [0.25, 0.3) is 0 Å². The van der Waals surface area contributed by atoms with Crippen LogP contribution in [0.15, 0.2) is 95.2 Å². The van der Waals surface area contributed by atoms with E-state index in [1.807, 2.05) is 48.8 Å². The third kappa shape index (κ3) is 4.86. The Kier molecular flexibility index (Phi) is 5.93. The number of nitrogens with zero attached hydrogens (tertiary/aromatic N) is 4. The highest BCUT2D eigenvalue weighted by Crippen LogP contribution is 2.28. The number of benzene rings is 2. The third-order valence-electron chi connectivity index (χ3n) is 5.71. The monoisotopic (exact) mass is 416 g/mol. The molecule has 4 aliphatic rings. The Morgan fingerprint density at radius 3 is 1.50 bits per heavy atom. The fourth-order valence-corrected chi connectivity index (χ4v) is 3.93. The standard InChI is InChI=1S/C28H24N4/c1-3-15-29-25(5-1)19-31-27-17-21-7-11-23(27)13-9-22-8-12-24(14-10-21)28(18-22)32-20-26-6-2-4-16-30-26/h1-8,11-12,15-20H,9-10,13-14H2. The van der Waals surface area contributed by atoms with Gasteiger partial charge in [0.25, 0.3) is 0 Å². The van der Waals surface area contributed by atoms with Crippen molar-refractivity contribution in [3.63, 3.8) is 0 Å². The van der Waals surface area contributed by atoms with Crippen molar-refractivity contribution in [2.24, 2.45) is 9.98 Å². The van der Waals surface area contributed by atoms with Crippen LogP contribution in [0.2, 0.25) is 0 Å². The zero-order chi connectivity index (χ0) is 21.6. The second kappa shape index (κ2) is 9.48. The molecule has 0 aliphatic heterocycles. The summed E-state index contributed by atoms with van der Waals surface area (Å²) in [6.45, 7) is 0. The van der Waals surface area contributed by atoms with Crippen molar-refractivity contribution in [3.8, 4) is 0 Å². The lowest BCUT2D eigenvalue weighted by atomic mass is 9.94. The Morgan fingerprint density at radius 2 is 1.06 bits per heavy atom. The molecule has 4 aliphatic carbocycles. The molecule has 8 rings (SSSR count). The molecule has 2 aromatic carbocycles. The minimum atomic E-state index is 0.871. The first kappa shape index (κ1) is 20.0. The van der Waals surface area contributed by atoms with E-state index in [9.17, 15) is 0 Å². The van der Waals surface area contributed by atoms with Crippen molar-refractivity contribution in [2.75, 3.05) is 0 Å². The molecule has 4 nitrogen and oxygen atoms in total. The largest absolute Gasteiger partial charge is 0.255 e. The fourth-order valence-electron chi connectivity index (χ4n) is 3.93. The van der Waals surface area contributed by atoms with Crippen LogP contribution in [0.5, 0.6) is 0 Å². The first-order chi connectivity index (χ1) is 15.8. The Morgan fingerprint density at radius 1 is 0.562 bits per heavy atom. The second-order valence-corrected chi connectivity index (χ2v) is 7.95. The average molecular weight is 417 g/mol. The summed E-state index contributed by atoms with van der Waals surface area (Å²) in [5.41, 5.74) is 8.89. The molecule has 0 fully saturated rings. The second-order valence-electron chi connectivity index (χ2n) is 7.95. The molecular weight excluding hydrogens is 392 g/mol. The van der Waals surface area contributed by atoms with Gasteiger partial charge in [-0.05, 0) is 84.3 Å². The third-order valence-corrected chi connectivity index (χ3v) is 5.71. The number of aliphatic imine (C=N–C) groups is 2. The molecule has 0 saturated carbocycles. The van der Waals surface area contributed by atoms with Crippen molar-refractivity contribution in [1.82, 2.24) is 9.97 Å². The zero-order valence-electron chi connectivity index (χ0n) is 17.9. The molecule has 0 unspecified atom stereocenters. The van der Waals surface area contributed by atoms with Crippen LogP contribution in [-0.4, -0.2) is 22.4 Å². The van der Waals surface area contributed by atoms with Gasteiger partial charge >= 0.3 is 0 Å². The van der Waals surface area contributed by atoms with Crippen LogP contribution < -0.4 is 0 Å². The van der Waals surface area contributed by atoms with E-state index in [1.165, 1.54) is 22.3 Å². The number of aryl methyl sites for hydroxylation is 4. The Labute approximate surface area is 188 Å². The molecule has 2 aromatic heterocycles. The maximum atomic E-state index is 4.79. The SMILES string of the molecule is C(=Nc1cc2ccc1CCc1ccc(c(N=Cc3ccccn3)c1)CC2)c1ccccn1. The Bertz CT molecular complexity index is 1160. The minimum Gasteiger partial charge on any atom is -0.255 e. The lowest BCUT2D eigenvalue weighted by molar-refractivity contribution is 0.921. The first-order valence-electron chi connectivity index (χ1n) is 11.0. The van der Waals surface area contributed by atoms with Crippen LogP contribution in [0.4, 0.5) is 11.4 Å². The summed E-state index contributed by atoms with van der Waals surface area (Å²) in [7, 11) is 0. The van der Waals surface area contributed by atoms with Gasteiger partial charge in [0.2, 0.25) is 0 Å². The number of hydrogen-bond acceptors (Lipinski definition) is 4. The maximum absolute atomic E-state index is 4.79. The van der Waals surface area contributed by atoms with Gasteiger partial charge in [-0.25, -0.2) is 0 Å². The summed E-state index contributed by atoms with van der Waals surface area (Å²) < 4.78 is 0. The molecule has 0 amide bonds. The van der Waals surface area contributed by atoms with E-state index in [0.717, 1.165) is 48.4 Å². The van der Waals surface area contributed by atoms with Crippen molar-refractivity contribution in [3.05, 3.63) is 119 Å². The van der Waals surface area contributed by atoms with E-state index in [0.29, 0.717) is 0 Å². The summed E-state index contributed by atoms with van der Waals surface area (Å²) in [4.78, 5) is 18.3. The Balaban J connectivity index is 1.43. The molecule has 4 bridgehead atoms. The molecule has 0 N–H and O–H groups in total. The van der Waals surface area contributed by atoms with Gasteiger partial charge in [0.05, 0.1) is 35.2 Å². The van der Waals surface area contributed by atoms with Crippen LogP contribution in [0.1, 0.15) is 33.6 Å². The van der Waals surface area contributed by atoms with E-state index in [1.54, 1.807) is 12.4 Å². The summed E-state index contributed by atoms with van der Waals surface area (Å²) in [6.07, 6.45) is 11.0. The lowest BCUT2D eigenvalue weighted by Gasteiger charge is -2.14. The van der Waals surface area contributed by atoms with Crippen LogP contribution in [-0.2, 0) is 25.7 Å². The maximum Gasteiger partial charge on any atom is 0.0812 e. The van der Waals surface area contributed by atoms with Crippen LogP contribution >= 0.6 is 0 Å². The number of aromatic nitrogens is 2. The predicted octanol–water partition coefficient (Wildman–Crippen LogP) is 5.86. The van der Waals surface area contributed by atoms with Crippen molar-refractivity contribution >= 4 is 23.8 Å². The highest BCUT2D eigenvalue weighted by Gasteiger charge is 2.10. The topological polar surface area (TPSA) is 50.5 Å². The molecule has 156 valence electrons. The zero-order valence-corrected chi connectivity index (χ0v) is 17.9. The summed E-state index contributed by atoms with van der Waals surface area (Å²) in [6, 6.07) is 25.1. The first-order valence-corrected chi connectivity index (χ1v) is 11.0. The van der Waals surface area contributed by atoms with Crippen molar-refractivity contribution < 1.29 is 0 Å². The van der Waals surface area contributed by atoms with Crippen LogP contribution in [0, 0.1) is 0 Å². The molecule has 0 spiro atoms. The smallest absolute Gasteiger partial charge is 0.0812 e. The van der Waals surface area contributed by atoms with Gasteiger partial charge in [0, 0.05) is 12.4 Å². The lowest BCUT2D eigenvalue weighted by Crippen LogP contribution is -1.99. The quantitative estimate of drug-likeness (QED) is 0.391. The van der Waals surface area contributed by atoms with Gasteiger partial charge in [-0.2, -0.15) is 0 Å². The molecule has 0 saturated heterocycles. The molecule has 4 aromatic rings. The van der Waals surface area contributed by atoms with Gasteiger partial charge in [-0.1, -0.05) is 36.4 Å². The molecule has 32 heavy (non-hydrogen) atoms. The average Bonchev–Trinajstić information content (AvgIpc) is 2.84. The van der Waals surface area contributed by atoms with Gasteiger partial charge in [-0.15, -0.1) is 0 Å². The fraction of sp³-hybridized carbons (Fsp3) is 0.143. The van der Waals surface area contributed by atoms with E-state index >= 15 is 0 Å².